The number of hydrogen-bond acceptors (Lipinski definition) is 3. The van der Waals surface area contributed by atoms with Crippen molar-refractivity contribution in [1.29, 1.82) is 0 Å². The first-order valence-electron chi connectivity index (χ1n) is 6.85. The minimum Gasteiger partial charge on any atom is -0.467 e. The molecule has 0 saturated heterocycles. The van der Waals surface area contributed by atoms with E-state index in [-0.39, 0.29) is 12.6 Å². The second kappa shape index (κ2) is 2.87. The minimum absolute atomic E-state index is 0.149. The molecule has 0 aromatic rings. The molecular weight excluding hydrogens is 216 g/mol. The van der Waals surface area contributed by atoms with Crippen LogP contribution in [-0.2, 0) is 14.3 Å². The van der Waals surface area contributed by atoms with Gasteiger partial charge in [0.05, 0.1) is 13.2 Å². The molecule has 17 heavy (non-hydrogen) atoms. The number of carbonyl (C=O) groups excluding carboxylic acids is 1. The summed E-state index contributed by atoms with van der Waals surface area (Å²) in [5.41, 5.74) is 1.35. The molecule has 4 fully saturated rings. The molecule has 4 aliphatic carbocycles. The molecular formula is C14H20O3. The van der Waals surface area contributed by atoms with E-state index in [1.807, 2.05) is 0 Å². The molecule has 0 N–H and O–H groups in total. The third-order valence-corrected chi connectivity index (χ3v) is 6.35. The molecule has 4 aliphatic rings. The first-order chi connectivity index (χ1) is 8.17. The second-order valence-corrected chi connectivity index (χ2v) is 6.63. The van der Waals surface area contributed by atoms with Gasteiger partial charge in [-0.3, -0.25) is 0 Å². The van der Waals surface area contributed by atoms with Crippen LogP contribution in [0, 0.1) is 28.6 Å². The van der Waals surface area contributed by atoms with Gasteiger partial charge in [0.1, 0.15) is 6.61 Å². The molecule has 4 rings (SSSR count). The summed E-state index contributed by atoms with van der Waals surface area (Å²) in [6.07, 6.45) is 5.86. The maximum absolute atomic E-state index is 11.2. The van der Waals surface area contributed by atoms with E-state index >= 15 is 0 Å². The predicted octanol–water partition coefficient (Wildman–Crippen LogP) is 2.00. The van der Waals surface area contributed by atoms with Gasteiger partial charge in [0, 0.05) is 0 Å². The van der Waals surface area contributed by atoms with Gasteiger partial charge in [0.2, 0.25) is 0 Å². The molecule has 0 radical (unpaired) electrons. The summed E-state index contributed by atoms with van der Waals surface area (Å²) in [5.74, 6) is 2.23. The van der Waals surface area contributed by atoms with Crippen molar-refractivity contribution >= 4 is 5.97 Å². The fourth-order valence-electron chi connectivity index (χ4n) is 5.77. The van der Waals surface area contributed by atoms with Gasteiger partial charge in [-0.1, -0.05) is 13.3 Å². The topological polar surface area (TPSA) is 35.5 Å². The summed E-state index contributed by atoms with van der Waals surface area (Å²) < 4.78 is 10.5. The van der Waals surface area contributed by atoms with Crippen LogP contribution in [-0.4, -0.2) is 25.8 Å². The van der Waals surface area contributed by atoms with E-state index in [4.69, 9.17) is 4.74 Å². The highest BCUT2D eigenvalue weighted by atomic mass is 16.6. The zero-order chi connectivity index (χ0) is 11.8. The van der Waals surface area contributed by atoms with Gasteiger partial charge in [-0.2, -0.15) is 0 Å². The third-order valence-electron chi connectivity index (χ3n) is 6.35. The maximum Gasteiger partial charge on any atom is 0.331 e. The molecule has 0 aromatic heterocycles. The van der Waals surface area contributed by atoms with Crippen molar-refractivity contribution in [2.75, 3.05) is 13.7 Å². The average molecular weight is 236 g/mol. The van der Waals surface area contributed by atoms with Crippen LogP contribution in [0.15, 0.2) is 0 Å². The summed E-state index contributed by atoms with van der Waals surface area (Å²) in [7, 11) is 1.42. The first kappa shape index (κ1) is 10.4. The van der Waals surface area contributed by atoms with Crippen LogP contribution in [0.4, 0.5) is 0 Å². The summed E-state index contributed by atoms with van der Waals surface area (Å²) in [5, 5.41) is 0. The molecule has 94 valence electrons. The van der Waals surface area contributed by atoms with Crippen molar-refractivity contribution in [3.8, 4) is 0 Å². The van der Waals surface area contributed by atoms with Crippen molar-refractivity contribution in [3.63, 3.8) is 0 Å². The maximum atomic E-state index is 11.2. The van der Waals surface area contributed by atoms with Gasteiger partial charge >= 0.3 is 5.97 Å². The minimum atomic E-state index is -0.236. The molecule has 0 amide bonds. The Morgan fingerprint density at radius 1 is 1.41 bits per heavy atom. The van der Waals surface area contributed by atoms with Gasteiger partial charge < -0.3 is 9.47 Å². The molecule has 0 aromatic carbocycles. The molecule has 0 bridgehead atoms. The van der Waals surface area contributed by atoms with E-state index in [1.165, 1.54) is 32.8 Å². The summed E-state index contributed by atoms with van der Waals surface area (Å²) in [6.45, 7) is 2.49. The summed E-state index contributed by atoms with van der Waals surface area (Å²) in [6, 6.07) is 0. The quantitative estimate of drug-likeness (QED) is 0.700. The van der Waals surface area contributed by atoms with E-state index in [1.54, 1.807) is 0 Å². The van der Waals surface area contributed by atoms with Gasteiger partial charge in [-0.25, -0.2) is 4.79 Å². The second-order valence-electron chi connectivity index (χ2n) is 6.63. The Labute approximate surface area is 102 Å². The molecule has 3 nitrogen and oxygen atoms in total. The Morgan fingerprint density at radius 2 is 2.24 bits per heavy atom. The van der Waals surface area contributed by atoms with Gasteiger partial charge in [0.25, 0.3) is 0 Å². The molecule has 3 heteroatoms. The van der Waals surface area contributed by atoms with E-state index < -0.39 is 0 Å². The Balaban J connectivity index is 1.46. The summed E-state index contributed by atoms with van der Waals surface area (Å²) in [4.78, 5) is 11.2. The number of ether oxygens (including phenoxy) is 2. The lowest BCUT2D eigenvalue weighted by molar-refractivity contribution is -0.200. The largest absolute Gasteiger partial charge is 0.467 e. The SMILES string of the molecule is CCC12CC3C(OCC(=O)OC)C4CC4(C1)C32. The predicted molar refractivity (Wildman–Crippen MR) is 61.2 cm³/mol. The van der Waals surface area contributed by atoms with Gasteiger partial charge in [-0.05, 0) is 47.8 Å². The van der Waals surface area contributed by atoms with Crippen molar-refractivity contribution in [3.05, 3.63) is 0 Å². The van der Waals surface area contributed by atoms with Crippen LogP contribution < -0.4 is 0 Å². The van der Waals surface area contributed by atoms with Crippen LogP contribution in [0.2, 0.25) is 0 Å². The standard InChI is InChI=1S/C14H20O3/c1-3-13-4-8-11(17-6-10(15)16-2)9-5-14(9,7-13)12(8)13/h8-9,11-12H,3-7H2,1-2H3. The number of carbonyl (C=O) groups is 1. The number of rotatable bonds is 4. The summed E-state index contributed by atoms with van der Waals surface area (Å²) >= 11 is 0. The monoisotopic (exact) mass is 236 g/mol. The van der Waals surface area contributed by atoms with Crippen LogP contribution in [0.3, 0.4) is 0 Å². The van der Waals surface area contributed by atoms with Crippen molar-refractivity contribution in [2.45, 2.75) is 38.7 Å². The zero-order valence-corrected chi connectivity index (χ0v) is 10.6. The normalized spacial score (nSPS) is 56.4. The molecule has 6 atom stereocenters. The number of esters is 1. The third kappa shape index (κ3) is 0.975. The van der Waals surface area contributed by atoms with Crippen LogP contribution in [0.1, 0.15) is 32.6 Å². The van der Waals surface area contributed by atoms with E-state index in [0.717, 1.165) is 17.8 Å². The van der Waals surface area contributed by atoms with Gasteiger partial charge in [0.15, 0.2) is 0 Å². The van der Waals surface area contributed by atoms with Crippen molar-refractivity contribution in [1.82, 2.24) is 0 Å². The van der Waals surface area contributed by atoms with E-state index in [0.29, 0.717) is 16.9 Å². The Morgan fingerprint density at radius 3 is 2.94 bits per heavy atom. The Kier molecular flexibility index (Phi) is 1.75. The Hall–Kier alpha value is -0.570. The molecule has 4 saturated carbocycles. The zero-order valence-electron chi connectivity index (χ0n) is 10.6. The highest BCUT2D eigenvalue weighted by Crippen LogP contribution is 2.91. The number of hydrogen-bond donors (Lipinski definition) is 0. The van der Waals surface area contributed by atoms with Gasteiger partial charge in [-0.15, -0.1) is 0 Å². The smallest absolute Gasteiger partial charge is 0.331 e. The highest BCUT2D eigenvalue weighted by molar-refractivity contribution is 5.70. The highest BCUT2D eigenvalue weighted by Gasteiger charge is 2.86. The Bertz CT molecular complexity index is 393. The first-order valence-corrected chi connectivity index (χ1v) is 6.85. The lowest BCUT2D eigenvalue weighted by Gasteiger charge is -2.67. The number of methoxy groups -OCH3 is 1. The lowest BCUT2D eigenvalue weighted by Crippen LogP contribution is -2.61. The molecule has 0 heterocycles. The van der Waals surface area contributed by atoms with Crippen LogP contribution in [0.5, 0.6) is 0 Å². The fourth-order valence-corrected chi connectivity index (χ4v) is 5.77. The molecule has 1 spiro atoms. The fraction of sp³-hybridized carbons (Fsp3) is 0.929. The van der Waals surface area contributed by atoms with Crippen LogP contribution >= 0.6 is 0 Å². The molecule has 6 unspecified atom stereocenters. The van der Waals surface area contributed by atoms with Crippen molar-refractivity contribution < 1.29 is 14.3 Å². The lowest BCUT2D eigenvalue weighted by atomic mass is 9.38. The average Bonchev–Trinajstić information content (AvgIpc) is 2.98. The van der Waals surface area contributed by atoms with E-state index in [9.17, 15) is 4.79 Å². The molecule has 0 aliphatic heterocycles. The van der Waals surface area contributed by atoms with Crippen LogP contribution in [0.25, 0.3) is 0 Å². The van der Waals surface area contributed by atoms with Crippen molar-refractivity contribution in [2.24, 2.45) is 28.6 Å². The van der Waals surface area contributed by atoms with E-state index in [2.05, 4.69) is 11.7 Å².